The second-order valence-electron chi connectivity index (χ2n) is 9.02. The van der Waals surface area contributed by atoms with Crippen LogP contribution in [-0.2, 0) is 4.79 Å². The van der Waals surface area contributed by atoms with Gasteiger partial charge < -0.3 is 10.1 Å². The number of amides is 2. The molecule has 4 rings (SSSR count). The van der Waals surface area contributed by atoms with Crippen molar-refractivity contribution in [1.82, 2.24) is 0 Å². The van der Waals surface area contributed by atoms with Gasteiger partial charge in [-0.15, -0.1) is 0 Å². The van der Waals surface area contributed by atoms with E-state index < -0.39 is 5.54 Å². The Labute approximate surface area is 201 Å². The van der Waals surface area contributed by atoms with E-state index in [0.29, 0.717) is 29.8 Å². The number of carbonyl (C=O) groups excluding carboxylic acids is 2. The highest BCUT2D eigenvalue weighted by Crippen LogP contribution is 2.40. The van der Waals surface area contributed by atoms with Crippen molar-refractivity contribution in [3.63, 3.8) is 0 Å². The van der Waals surface area contributed by atoms with Crippen LogP contribution in [-0.4, -0.2) is 24.5 Å². The van der Waals surface area contributed by atoms with Gasteiger partial charge in [0, 0.05) is 16.9 Å². The number of para-hydroxylation sites is 1. The van der Waals surface area contributed by atoms with Crippen LogP contribution in [0.2, 0.25) is 0 Å². The van der Waals surface area contributed by atoms with Crippen LogP contribution in [0.5, 0.6) is 5.75 Å². The molecule has 34 heavy (non-hydrogen) atoms. The third-order valence-electron chi connectivity index (χ3n) is 6.81. The van der Waals surface area contributed by atoms with Gasteiger partial charge in [0.15, 0.2) is 0 Å². The van der Waals surface area contributed by atoms with Gasteiger partial charge in [0.05, 0.1) is 7.11 Å². The number of methoxy groups -OCH3 is 1. The first-order valence-electron chi connectivity index (χ1n) is 11.9. The van der Waals surface area contributed by atoms with Crippen LogP contribution in [0, 0.1) is 13.8 Å². The Morgan fingerprint density at radius 3 is 2.03 bits per heavy atom. The largest absolute Gasteiger partial charge is 0.497 e. The molecule has 1 N–H and O–H groups in total. The van der Waals surface area contributed by atoms with E-state index in [1.807, 2.05) is 74.5 Å². The van der Waals surface area contributed by atoms with Crippen molar-refractivity contribution in [2.75, 3.05) is 17.3 Å². The van der Waals surface area contributed by atoms with Crippen molar-refractivity contribution in [3.8, 4) is 5.75 Å². The van der Waals surface area contributed by atoms with Gasteiger partial charge in [0.2, 0.25) is 0 Å². The lowest BCUT2D eigenvalue weighted by Gasteiger charge is -2.45. The van der Waals surface area contributed by atoms with Crippen LogP contribution in [0.3, 0.4) is 0 Å². The maximum atomic E-state index is 14.1. The summed E-state index contributed by atoms with van der Waals surface area (Å²) in [7, 11) is 1.61. The Morgan fingerprint density at radius 1 is 0.824 bits per heavy atom. The molecule has 1 saturated carbocycles. The van der Waals surface area contributed by atoms with E-state index >= 15 is 0 Å². The molecule has 0 aliphatic heterocycles. The van der Waals surface area contributed by atoms with Crippen molar-refractivity contribution in [3.05, 3.63) is 89.5 Å². The first-order valence-corrected chi connectivity index (χ1v) is 11.9. The molecule has 0 saturated heterocycles. The number of benzene rings is 3. The smallest absolute Gasteiger partial charge is 0.259 e. The van der Waals surface area contributed by atoms with Crippen LogP contribution in [0.1, 0.15) is 53.6 Å². The highest BCUT2D eigenvalue weighted by molar-refractivity contribution is 6.14. The van der Waals surface area contributed by atoms with E-state index in [-0.39, 0.29) is 11.8 Å². The van der Waals surface area contributed by atoms with Gasteiger partial charge in [0.25, 0.3) is 11.8 Å². The fourth-order valence-electron chi connectivity index (χ4n) is 4.93. The number of anilines is 2. The second kappa shape index (κ2) is 10.1. The summed E-state index contributed by atoms with van der Waals surface area (Å²) < 4.78 is 5.33. The lowest BCUT2D eigenvalue weighted by atomic mass is 9.78. The summed E-state index contributed by atoms with van der Waals surface area (Å²) in [6.45, 7) is 3.99. The van der Waals surface area contributed by atoms with Crippen molar-refractivity contribution in [1.29, 1.82) is 0 Å². The molecule has 1 aliphatic carbocycles. The molecule has 0 bridgehead atoms. The van der Waals surface area contributed by atoms with Gasteiger partial charge in [-0.1, -0.05) is 55.7 Å². The lowest BCUT2D eigenvalue weighted by molar-refractivity contribution is -0.122. The average Bonchev–Trinajstić information content (AvgIpc) is 2.87. The number of nitrogens with zero attached hydrogens (tertiary/aromatic N) is 1. The van der Waals surface area contributed by atoms with E-state index in [1.165, 1.54) is 0 Å². The van der Waals surface area contributed by atoms with Crippen LogP contribution in [0.15, 0.2) is 72.8 Å². The fourth-order valence-corrected chi connectivity index (χ4v) is 4.93. The minimum atomic E-state index is -0.992. The zero-order valence-electron chi connectivity index (χ0n) is 20.1. The molecule has 176 valence electrons. The van der Waals surface area contributed by atoms with Gasteiger partial charge in [-0.3, -0.25) is 14.5 Å². The first-order chi connectivity index (χ1) is 16.5. The number of nitrogens with one attached hydrogen (secondary N) is 1. The van der Waals surface area contributed by atoms with E-state index in [4.69, 9.17) is 4.74 Å². The minimum absolute atomic E-state index is 0.135. The van der Waals surface area contributed by atoms with Gasteiger partial charge >= 0.3 is 0 Å². The molecule has 3 aromatic rings. The Bertz CT molecular complexity index is 1130. The third kappa shape index (κ3) is 4.56. The fraction of sp³-hybridized carbons (Fsp3) is 0.310. The predicted octanol–water partition coefficient (Wildman–Crippen LogP) is 6.30. The van der Waals surface area contributed by atoms with Gasteiger partial charge in [-0.05, 0) is 74.2 Å². The van der Waals surface area contributed by atoms with Crippen molar-refractivity contribution >= 4 is 23.2 Å². The average molecular weight is 457 g/mol. The lowest BCUT2D eigenvalue weighted by Crippen LogP contribution is -2.60. The summed E-state index contributed by atoms with van der Waals surface area (Å²) in [5.74, 6) is 0.391. The minimum Gasteiger partial charge on any atom is -0.497 e. The molecular weight excluding hydrogens is 424 g/mol. The summed E-state index contributed by atoms with van der Waals surface area (Å²) in [5, 5.41) is 3.21. The standard InChI is InChI=1S/C29H32N2O3/c1-21-11-10-12-22(2)26(21)30-28(33)29(19-8-5-9-20-29)31(24-15-17-25(34-3)18-16-24)27(32)23-13-6-4-7-14-23/h4,6-7,10-18H,5,8-9,19-20H2,1-3H3,(H,30,33). The highest BCUT2D eigenvalue weighted by atomic mass is 16.5. The molecule has 0 spiro atoms. The molecule has 0 aromatic heterocycles. The quantitative estimate of drug-likeness (QED) is 0.473. The third-order valence-corrected chi connectivity index (χ3v) is 6.81. The van der Waals surface area contributed by atoms with E-state index in [0.717, 1.165) is 36.1 Å². The van der Waals surface area contributed by atoms with Crippen molar-refractivity contribution in [2.45, 2.75) is 51.5 Å². The molecule has 3 aromatic carbocycles. The first kappa shape index (κ1) is 23.6. The summed E-state index contributed by atoms with van der Waals surface area (Å²) in [6, 6.07) is 22.6. The van der Waals surface area contributed by atoms with E-state index in [2.05, 4.69) is 5.32 Å². The van der Waals surface area contributed by atoms with Crippen LogP contribution in [0.25, 0.3) is 0 Å². The Kier molecular flexibility index (Phi) is 7.01. The zero-order valence-corrected chi connectivity index (χ0v) is 20.1. The molecular formula is C29H32N2O3. The normalized spacial score (nSPS) is 14.8. The van der Waals surface area contributed by atoms with Gasteiger partial charge in [-0.2, -0.15) is 0 Å². The number of carbonyl (C=O) groups is 2. The number of aryl methyl sites for hydroxylation is 2. The summed E-state index contributed by atoms with van der Waals surface area (Å²) in [4.78, 5) is 29.9. The molecule has 0 unspecified atom stereocenters. The molecule has 5 nitrogen and oxygen atoms in total. The topological polar surface area (TPSA) is 58.6 Å². The van der Waals surface area contributed by atoms with Crippen molar-refractivity contribution in [2.24, 2.45) is 0 Å². The van der Waals surface area contributed by atoms with E-state index in [1.54, 1.807) is 24.1 Å². The second-order valence-corrected chi connectivity index (χ2v) is 9.02. The molecule has 0 atom stereocenters. The zero-order chi connectivity index (χ0) is 24.1. The van der Waals surface area contributed by atoms with Crippen LogP contribution < -0.4 is 15.0 Å². The summed E-state index contributed by atoms with van der Waals surface area (Å²) in [5.41, 5.74) is 3.08. The number of hydrogen-bond acceptors (Lipinski definition) is 3. The molecule has 0 radical (unpaired) electrons. The maximum Gasteiger partial charge on any atom is 0.259 e. The van der Waals surface area contributed by atoms with Crippen LogP contribution in [0.4, 0.5) is 11.4 Å². The maximum absolute atomic E-state index is 14.1. The summed E-state index contributed by atoms with van der Waals surface area (Å²) >= 11 is 0. The van der Waals surface area contributed by atoms with E-state index in [9.17, 15) is 9.59 Å². The SMILES string of the molecule is COc1ccc(N(C(=O)c2ccccc2)C2(C(=O)Nc3c(C)cccc3C)CCCCC2)cc1. The molecule has 2 amide bonds. The number of ether oxygens (including phenoxy) is 1. The Balaban J connectivity index is 1.83. The molecule has 0 heterocycles. The monoisotopic (exact) mass is 456 g/mol. The molecule has 1 fully saturated rings. The number of rotatable bonds is 6. The Hall–Kier alpha value is -3.60. The summed E-state index contributed by atoms with van der Waals surface area (Å²) in [6.07, 6.45) is 4.03. The molecule has 5 heteroatoms. The molecule has 1 aliphatic rings. The predicted molar refractivity (Wildman–Crippen MR) is 137 cm³/mol. The van der Waals surface area contributed by atoms with Crippen LogP contribution >= 0.6 is 0 Å². The van der Waals surface area contributed by atoms with Crippen molar-refractivity contribution < 1.29 is 14.3 Å². The Morgan fingerprint density at radius 2 is 1.44 bits per heavy atom. The number of hydrogen-bond donors (Lipinski definition) is 1. The highest BCUT2D eigenvalue weighted by Gasteiger charge is 2.48. The van der Waals surface area contributed by atoms with Gasteiger partial charge in [0.1, 0.15) is 11.3 Å². The van der Waals surface area contributed by atoms with Gasteiger partial charge in [-0.25, -0.2) is 0 Å².